The zero-order valence-electron chi connectivity index (χ0n) is 11.3. The highest BCUT2D eigenvalue weighted by Gasteiger charge is 2.15. The summed E-state index contributed by atoms with van der Waals surface area (Å²) in [5.41, 5.74) is 8.24. The molecule has 21 heavy (non-hydrogen) atoms. The van der Waals surface area contributed by atoms with Crippen molar-refractivity contribution >= 4 is 22.5 Å². The topological polar surface area (TPSA) is 96.7 Å². The minimum atomic E-state index is -0.642. The Bertz CT molecular complexity index is 754. The number of nitrogens with two attached hydrogens (primary N) is 1. The van der Waals surface area contributed by atoms with Gasteiger partial charge >= 0.3 is 0 Å². The lowest BCUT2D eigenvalue weighted by Crippen LogP contribution is -2.37. The lowest BCUT2D eigenvalue weighted by molar-refractivity contribution is -0.117. The Morgan fingerprint density at radius 2 is 2.19 bits per heavy atom. The standard InChI is InChI=1S/C15H15N5O/c16-13(6-11-7-17-9-19-11)15(21)20-12-5-10-3-1-2-4-14(10)18-8-12/h1-5,7-9,13H,6,16H2,(H,17,19)(H,20,21)/t13-/m0/s1. The second kappa shape index (κ2) is 5.72. The number of hydrogen-bond donors (Lipinski definition) is 3. The van der Waals surface area contributed by atoms with E-state index in [0.29, 0.717) is 12.1 Å². The molecular formula is C15H15N5O. The summed E-state index contributed by atoms with van der Waals surface area (Å²) in [7, 11) is 0. The molecular weight excluding hydrogens is 266 g/mol. The molecule has 0 unspecified atom stereocenters. The van der Waals surface area contributed by atoms with Gasteiger partial charge in [-0.1, -0.05) is 18.2 Å². The van der Waals surface area contributed by atoms with E-state index in [1.807, 2.05) is 30.3 Å². The molecule has 1 aromatic carbocycles. The summed E-state index contributed by atoms with van der Waals surface area (Å²) in [6, 6.07) is 8.96. The maximum absolute atomic E-state index is 12.1. The zero-order chi connectivity index (χ0) is 14.7. The number of benzene rings is 1. The second-order valence-electron chi connectivity index (χ2n) is 4.79. The van der Waals surface area contributed by atoms with Crippen LogP contribution in [0.1, 0.15) is 5.69 Å². The predicted molar refractivity (Wildman–Crippen MR) is 80.6 cm³/mol. The summed E-state index contributed by atoms with van der Waals surface area (Å²) >= 11 is 0. The van der Waals surface area contributed by atoms with Crippen LogP contribution in [-0.2, 0) is 11.2 Å². The van der Waals surface area contributed by atoms with Gasteiger partial charge in [-0.15, -0.1) is 0 Å². The van der Waals surface area contributed by atoms with Gasteiger partial charge in [-0.2, -0.15) is 0 Å². The summed E-state index contributed by atoms with van der Waals surface area (Å²) in [6.07, 6.45) is 5.26. The van der Waals surface area contributed by atoms with Gasteiger partial charge < -0.3 is 16.0 Å². The van der Waals surface area contributed by atoms with Crippen LogP contribution in [0.2, 0.25) is 0 Å². The summed E-state index contributed by atoms with van der Waals surface area (Å²) in [5.74, 6) is -0.248. The minimum absolute atomic E-state index is 0.248. The first kappa shape index (κ1) is 13.3. The van der Waals surface area contributed by atoms with E-state index in [0.717, 1.165) is 16.6 Å². The first-order chi connectivity index (χ1) is 10.2. The summed E-state index contributed by atoms with van der Waals surface area (Å²) in [5, 5.41) is 3.76. The number of para-hydroxylation sites is 1. The second-order valence-corrected chi connectivity index (χ2v) is 4.79. The van der Waals surface area contributed by atoms with Gasteiger partial charge in [0, 0.05) is 23.7 Å². The molecule has 106 valence electrons. The number of nitrogens with one attached hydrogen (secondary N) is 2. The summed E-state index contributed by atoms with van der Waals surface area (Å²) in [6.45, 7) is 0. The number of hydrogen-bond acceptors (Lipinski definition) is 4. The van der Waals surface area contributed by atoms with Crippen LogP contribution in [0.3, 0.4) is 0 Å². The molecule has 6 heteroatoms. The molecule has 0 aliphatic heterocycles. The largest absolute Gasteiger partial charge is 0.348 e. The van der Waals surface area contributed by atoms with Crippen LogP contribution in [0.4, 0.5) is 5.69 Å². The molecule has 2 heterocycles. The number of H-pyrrole nitrogens is 1. The van der Waals surface area contributed by atoms with Crippen molar-refractivity contribution in [2.75, 3.05) is 5.32 Å². The summed E-state index contributed by atoms with van der Waals surface area (Å²) in [4.78, 5) is 23.2. The molecule has 1 amide bonds. The number of carbonyl (C=O) groups excluding carboxylic acids is 1. The zero-order valence-corrected chi connectivity index (χ0v) is 11.3. The van der Waals surface area contributed by atoms with Crippen LogP contribution in [-0.4, -0.2) is 26.9 Å². The molecule has 2 aromatic heterocycles. The highest BCUT2D eigenvalue weighted by atomic mass is 16.2. The molecule has 0 saturated carbocycles. The van der Waals surface area contributed by atoms with Crippen molar-refractivity contribution in [2.45, 2.75) is 12.5 Å². The van der Waals surface area contributed by atoms with Gasteiger partial charge in [0.05, 0.1) is 29.8 Å². The predicted octanol–water partition coefficient (Wildman–Crippen LogP) is 1.47. The van der Waals surface area contributed by atoms with E-state index >= 15 is 0 Å². The van der Waals surface area contributed by atoms with Crippen molar-refractivity contribution in [3.05, 3.63) is 54.7 Å². The molecule has 1 atom stereocenters. The van der Waals surface area contributed by atoms with Crippen molar-refractivity contribution in [2.24, 2.45) is 5.73 Å². The number of nitrogens with zero attached hydrogens (tertiary/aromatic N) is 2. The number of carbonyl (C=O) groups is 1. The van der Waals surface area contributed by atoms with Gasteiger partial charge in [0.2, 0.25) is 5.91 Å². The number of amides is 1. The van der Waals surface area contributed by atoms with Gasteiger partial charge in [0.15, 0.2) is 0 Å². The smallest absolute Gasteiger partial charge is 0.241 e. The summed E-state index contributed by atoms with van der Waals surface area (Å²) < 4.78 is 0. The quantitative estimate of drug-likeness (QED) is 0.674. The fourth-order valence-corrected chi connectivity index (χ4v) is 2.10. The molecule has 0 bridgehead atoms. The third kappa shape index (κ3) is 3.06. The molecule has 0 fully saturated rings. The highest BCUT2D eigenvalue weighted by molar-refractivity contribution is 5.96. The normalized spacial score (nSPS) is 12.2. The third-order valence-electron chi connectivity index (χ3n) is 3.19. The number of pyridine rings is 1. The highest BCUT2D eigenvalue weighted by Crippen LogP contribution is 2.16. The van der Waals surface area contributed by atoms with E-state index in [-0.39, 0.29) is 5.91 Å². The van der Waals surface area contributed by atoms with Crippen LogP contribution in [0.5, 0.6) is 0 Å². The van der Waals surface area contributed by atoms with E-state index in [9.17, 15) is 4.79 Å². The Morgan fingerprint density at radius 3 is 3.00 bits per heavy atom. The lowest BCUT2D eigenvalue weighted by Gasteiger charge is -2.11. The van der Waals surface area contributed by atoms with Crippen molar-refractivity contribution in [3.8, 4) is 0 Å². The van der Waals surface area contributed by atoms with E-state index in [2.05, 4.69) is 20.3 Å². The van der Waals surface area contributed by atoms with Gasteiger partial charge in [0.25, 0.3) is 0 Å². The van der Waals surface area contributed by atoms with E-state index in [1.165, 1.54) is 0 Å². The first-order valence-corrected chi connectivity index (χ1v) is 6.61. The molecule has 4 N–H and O–H groups in total. The van der Waals surface area contributed by atoms with Gasteiger partial charge in [0.1, 0.15) is 0 Å². The molecule has 3 aromatic rings. The Morgan fingerprint density at radius 1 is 1.33 bits per heavy atom. The van der Waals surface area contributed by atoms with E-state index in [1.54, 1.807) is 18.7 Å². The van der Waals surface area contributed by atoms with E-state index in [4.69, 9.17) is 5.73 Å². The maximum atomic E-state index is 12.1. The number of fused-ring (bicyclic) bond motifs is 1. The van der Waals surface area contributed by atoms with Crippen molar-refractivity contribution in [1.82, 2.24) is 15.0 Å². The molecule has 0 saturated heterocycles. The van der Waals surface area contributed by atoms with E-state index < -0.39 is 6.04 Å². The molecule has 0 aliphatic rings. The number of anilines is 1. The van der Waals surface area contributed by atoms with Gasteiger partial charge in [-0.25, -0.2) is 4.98 Å². The average molecular weight is 281 g/mol. The molecule has 6 nitrogen and oxygen atoms in total. The van der Waals surface area contributed by atoms with Crippen LogP contribution in [0, 0.1) is 0 Å². The monoisotopic (exact) mass is 281 g/mol. The maximum Gasteiger partial charge on any atom is 0.241 e. The fourth-order valence-electron chi connectivity index (χ4n) is 2.10. The Hall–Kier alpha value is -2.73. The molecule has 0 radical (unpaired) electrons. The molecule has 3 rings (SSSR count). The first-order valence-electron chi connectivity index (χ1n) is 6.61. The van der Waals surface area contributed by atoms with Crippen molar-refractivity contribution in [3.63, 3.8) is 0 Å². The van der Waals surface area contributed by atoms with Crippen LogP contribution in [0.25, 0.3) is 10.9 Å². The number of aromatic nitrogens is 3. The molecule has 0 spiro atoms. The number of rotatable bonds is 4. The van der Waals surface area contributed by atoms with Crippen LogP contribution in [0.15, 0.2) is 49.1 Å². The third-order valence-corrected chi connectivity index (χ3v) is 3.19. The van der Waals surface area contributed by atoms with Crippen LogP contribution < -0.4 is 11.1 Å². The molecule has 0 aliphatic carbocycles. The van der Waals surface area contributed by atoms with Gasteiger partial charge in [-0.05, 0) is 12.1 Å². The SMILES string of the molecule is N[C@@H](Cc1cnc[nH]1)C(=O)Nc1cnc2ccccc2c1. The minimum Gasteiger partial charge on any atom is -0.348 e. The van der Waals surface area contributed by atoms with Gasteiger partial charge in [-0.3, -0.25) is 9.78 Å². The number of imidazole rings is 1. The average Bonchev–Trinajstić information content (AvgIpc) is 3.00. The lowest BCUT2D eigenvalue weighted by atomic mass is 10.1. The van der Waals surface area contributed by atoms with Crippen molar-refractivity contribution in [1.29, 1.82) is 0 Å². The fraction of sp³-hybridized carbons (Fsp3) is 0.133. The Kier molecular flexibility index (Phi) is 3.61. The number of aromatic amines is 1. The Labute approximate surface area is 121 Å². The Balaban J connectivity index is 1.70. The van der Waals surface area contributed by atoms with Crippen molar-refractivity contribution < 1.29 is 4.79 Å². The van der Waals surface area contributed by atoms with Crippen LogP contribution >= 0.6 is 0 Å².